The standard InChI is InChI=1S/C19H31NO2S/c1-2-3-14-22-15-4-6-18(19-7-5-16-23-19)17-8-10-20(11-9-17)12-13-21/h5,7,16,21H,2-4,6,8-15H2,1H3. The van der Waals surface area contributed by atoms with E-state index in [2.05, 4.69) is 29.3 Å². The van der Waals surface area contributed by atoms with Gasteiger partial charge in [0.1, 0.15) is 0 Å². The minimum atomic E-state index is 0.270. The van der Waals surface area contributed by atoms with Crippen molar-refractivity contribution in [2.75, 3.05) is 39.5 Å². The zero-order valence-electron chi connectivity index (χ0n) is 14.4. The number of nitrogens with zero attached hydrogens (tertiary/aromatic N) is 1. The topological polar surface area (TPSA) is 32.7 Å². The SMILES string of the molecule is CCCCOCCCC(=C1CCN(CCO)CC1)c1cccs1. The van der Waals surface area contributed by atoms with Crippen molar-refractivity contribution in [1.29, 1.82) is 0 Å². The Morgan fingerprint density at radius 2 is 2.04 bits per heavy atom. The van der Waals surface area contributed by atoms with Crippen molar-refractivity contribution in [3.63, 3.8) is 0 Å². The van der Waals surface area contributed by atoms with Gasteiger partial charge in [0, 0.05) is 37.7 Å². The number of piperidine rings is 1. The first-order valence-electron chi connectivity index (χ1n) is 9.01. The molecule has 0 atom stereocenters. The summed E-state index contributed by atoms with van der Waals surface area (Å²) in [4.78, 5) is 3.80. The molecule has 0 aliphatic carbocycles. The molecule has 23 heavy (non-hydrogen) atoms. The van der Waals surface area contributed by atoms with Gasteiger partial charge < -0.3 is 14.7 Å². The maximum Gasteiger partial charge on any atom is 0.0558 e. The number of β-amino-alcohol motifs (C(OH)–C–C–N with tert-alkyl or cyclic N) is 1. The van der Waals surface area contributed by atoms with Crippen molar-refractivity contribution >= 4 is 16.9 Å². The molecule has 1 fully saturated rings. The summed E-state index contributed by atoms with van der Waals surface area (Å²) >= 11 is 1.86. The molecule has 0 aromatic carbocycles. The van der Waals surface area contributed by atoms with Crippen LogP contribution in [0.3, 0.4) is 0 Å². The zero-order chi connectivity index (χ0) is 16.3. The van der Waals surface area contributed by atoms with Crippen LogP contribution >= 0.6 is 11.3 Å². The van der Waals surface area contributed by atoms with E-state index in [0.717, 1.165) is 58.5 Å². The fourth-order valence-electron chi connectivity index (χ4n) is 3.11. The molecule has 0 spiro atoms. The summed E-state index contributed by atoms with van der Waals surface area (Å²) < 4.78 is 5.72. The molecule has 1 saturated heterocycles. The van der Waals surface area contributed by atoms with Gasteiger partial charge in [-0.15, -0.1) is 11.3 Å². The summed E-state index contributed by atoms with van der Waals surface area (Å²) in [6.07, 6.45) is 6.89. The summed E-state index contributed by atoms with van der Waals surface area (Å²) in [6.45, 7) is 7.22. The smallest absolute Gasteiger partial charge is 0.0558 e. The van der Waals surface area contributed by atoms with E-state index in [-0.39, 0.29) is 6.61 Å². The molecule has 1 aromatic heterocycles. The lowest BCUT2D eigenvalue weighted by atomic mass is 9.94. The third-order valence-corrected chi connectivity index (χ3v) is 5.41. The maximum absolute atomic E-state index is 9.08. The highest BCUT2D eigenvalue weighted by Crippen LogP contribution is 2.32. The quantitative estimate of drug-likeness (QED) is 0.650. The number of ether oxygens (including phenoxy) is 1. The van der Waals surface area contributed by atoms with Crippen molar-refractivity contribution in [3.8, 4) is 0 Å². The van der Waals surface area contributed by atoms with Gasteiger partial charge in [-0.3, -0.25) is 0 Å². The first-order valence-corrected chi connectivity index (χ1v) is 9.88. The Labute approximate surface area is 145 Å². The second-order valence-corrected chi connectivity index (χ2v) is 7.14. The fourth-order valence-corrected chi connectivity index (χ4v) is 3.96. The van der Waals surface area contributed by atoms with E-state index in [0.29, 0.717) is 0 Å². The molecule has 1 aliphatic rings. The van der Waals surface area contributed by atoms with Crippen LogP contribution in [0.5, 0.6) is 0 Å². The van der Waals surface area contributed by atoms with Gasteiger partial charge in [0.25, 0.3) is 0 Å². The minimum Gasteiger partial charge on any atom is -0.395 e. The third kappa shape index (κ3) is 6.38. The van der Waals surface area contributed by atoms with Gasteiger partial charge in [-0.1, -0.05) is 25.0 Å². The Hall–Kier alpha value is -0.680. The van der Waals surface area contributed by atoms with Gasteiger partial charge in [-0.05, 0) is 49.1 Å². The molecule has 0 amide bonds. The number of allylic oxidation sites excluding steroid dienone is 1. The van der Waals surface area contributed by atoms with Gasteiger partial charge in [-0.25, -0.2) is 0 Å². The molecule has 4 heteroatoms. The number of hydrogen-bond acceptors (Lipinski definition) is 4. The van der Waals surface area contributed by atoms with Crippen LogP contribution in [0.15, 0.2) is 23.1 Å². The summed E-state index contributed by atoms with van der Waals surface area (Å²) in [5.41, 5.74) is 3.18. The van der Waals surface area contributed by atoms with E-state index < -0.39 is 0 Å². The van der Waals surface area contributed by atoms with Crippen LogP contribution in [0.1, 0.15) is 50.3 Å². The predicted molar refractivity (Wildman–Crippen MR) is 99.0 cm³/mol. The molecular weight excluding hydrogens is 306 g/mol. The van der Waals surface area contributed by atoms with E-state index in [9.17, 15) is 0 Å². The Morgan fingerprint density at radius 1 is 1.26 bits per heavy atom. The van der Waals surface area contributed by atoms with Crippen LogP contribution in [0.4, 0.5) is 0 Å². The van der Waals surface area contributed by atoms with Gasteiger partial charge in [0.05, 0.1) is 6.61 Å². The van der Waals surface area contributed by atoms with E-state index in [1.807, 2.05) is 11.3 Å². The lowest BCUT2D eigenvalue weighted by Crippen LogP contribution is -2.33. The maximum atomic E-state index is 9.08. The first-order chi connectivity index (χ1) is 11.3. The van der Waals surface area contributed by atoms with Crippen LogP contribution in [-0.4, -0.2) is 49.5 Å². The van der Waals surface area contributed by atoms with E-state index >= 15 is 0 Å². The fraction of sp³-hybridized carbons (Fsp3) is 0.684. The van der Waals surface area contributed by atoms with E-state index in [1.165, 1.54) is 17.7 Å². The lowest BCUT2D eigenvalue weighted by molar-refractivity contribution is 0.130. The molecular formula is C19H31NO2S. The van der Waals surface area contributed by atoms with Crippen LogP contribution < -0.4 is 0 Å². The molecule has 0 saturated carbocycles. The largest absolute Gasteiger partial charge is 0.395 e. The average molecular weight is 338 g/mol. The van der Waals surface area contributed by atoms with E-state index in [1.54, 1.807) is 11.1 Å². The van der Waals surface area contributed by atoms with Crippen LogP contribution in [0, 0.1) is 0 Å². The molecule has 0 bridgehead atoms. The first kappa shape index (κ1) is 18.7. The monoisotopic (exact) mass is 337 g/mol. The van der Waals surface area contributed by atoms with Crippen molar-refractivity contribution < 1.29 is 9.84 Å². The number of aliphatic hydroxyl groups is 1. The van der Waals surface area contributed by atoms with Crippen molar-refractivity contribution in [1.82, 2.24) is 4.90 Å². The van der Waals surface area contributed by atoms with Gasteiger partial charge in [-0.2, -0.15) is 0 Å². The summed E-state index contributed by atoms with van der Waals surface area (Å²) in [6, 6.07) is 4.41. The summed E-state index contributed by atoms with van der Waals surface area (Å²) in [5, 5.41) is 11.3. The van der Waals surface area contributed by atoms with Crippen LogP contribution in [0.25, 0.3) is 5.57 Å². The van der Waals surface area contributed by atoms with E-state index in [4.69, 9.17) is 9.84 Å². The molecule has 2 heterocycles. The molecule has 1 aliphatic heterocycles. The van der Waals surface area contributed by atoms with Crippen LogP contribution in [-0.2, 0) is 4.74 Å². The Kier molecular flexibility index (Phi) is 8.90. The normalized spacial score (nSPS) is 16.0. The number of thiophene rings is 1. The second kappa shape index (κ2) is 11.0. The van der Waals surface area contributed by atoms with Crippen molar-refractivity contribution in [2.45, 2.75) is 45.4 Å². The lowest BCUT2D eigenvalue weighted by Gasteiger charge is -2.29. The van der Waals surface area contributed by atoms with Gasteiger partial charge in [0.15, 0.2) is 0 Å². The number of rotatable bonds is 10. The summed E-state index contributed by atoms with van der Waals surface area (Å²) in [5.74, 6) is 0. The predicted octanol–water partition coefficient (Wildman–Crippen LogP) is 4.19. The zero-order valence-corrected chi connectivity index (χ0v) is 15.2. The average Bonchev–Trinajstić information content (AvgIpc) is 3.10. The minimum absolute atomic E-state index is 0.270. The highest BCUT2D eigenvalue weighted by Gasteiger charge is 2.17. The Balaban J connectivity index is 1.89. The van der Waals surface area contributed by atoms with Crippen molar-refractivity contribution in [3.05, 3.63) is 28.0 Å². The molecule has 130 valence electrons. The summed E-state index contributed by atoms with van der Waals surface area (Å²) in [7, 11) is 0. The molecule has 1 N–H and O–H groups in total. The molecule has 2 rings (SSSR count). The molecule has 3 nitrogen and oxygen atoms in total. The van der Waals surface area contributed by atoms with Crippen LogP contribution in [0.2, 0.25) is 0 Å². The number of unbranched alkanes of at least 4 members (excludes halogenated alkanes) is 1. The van der Waals surface area contributed by atoms with Crippen molar-refractivity contribution in [2.24, 2.45) is 0 Å². The number of hydrogen-bond donors (Lipinski definition) is 1. The highest BCUT2D eigenvalue weighted by molar-refractivity contribution is 7.11. The second-order valence-electron chi connectivity index (χ2n) is 6.19. The molecule has 0 radical (unpaired) electrons. The Bertz CT molecular complexity index is 446. The number of aliphatic hydroxyl groups excluding tert-OH is 1. The molecule has 0 unspecified atom stereocenters. The molecule has 1 aromatic rings. The highest BCUT2D eigenvalue weighted by atomic mass is 32.1. The third-order valence-electron chi connectivity index (χ3n) is 4.48. The Morgan fingerprint density at radius 3 is 2.70 bits per heavy atom. The van der Waals surface area contributed by atoms with Gasteiger partial charge in [0.2, 0.25) is 0 Å². The van der Waals surface area contributed by atoms with Gasteiger partial charge >= 0.3 is 0 Å². The number of likely N-dealkylation sites (tertiary alicyclic amines) is 1.